The molecule has 0 amide bonds. The van der Waals surface area contributed by atoms with E-state index < -0.39 is 0 Å². The Morgan fingerprint density at radius 2 is 2.06 bits per heavy atom. The number of rotatable bonds is 4. The largest absolute Gasteiger partial charge is 0.378 e. The van der Waals surface area contributed by atoms with E-state index in [9.17, 15) is 0 Å². The molecule has 2 rings (SSSR count). The second-order valence-corrected chi connectivity index (χ2v) is 5.90. The van der Waals surface area contributed by atoms with E-state index in [1.165, 1.54) is 63.4 Å². The van der Waals surface area contributed by atoms with E-state index in [-0.39, 0.29) is 6.04 Å². The summed E-state index contributed by atoms with van der Waals surface area (Å²) in [5.41, 5.74) is 7.88. The van der Waals surface area contributed by atoms with Gasteiger partial charge in [0.05, 0.1) is 6.10 Å². The zero-order valence-corrected chi connectivity index (χ0v) is 11.7. The average Bonchev–Trinajstić information content (AvgIpc) is 2.37. The van der Waals surface area contributed by atoms with Gasteiger partial charge < -0.3 is 10.5 Å². The number of nitrogens with two attached hydrogens (primary N) is 1. The van der Waals surface area contributed by atoms with E-state index in [1.54, 1.807) is 0 Å². The van der Waals surface area contributed by atoms with Crippen molar-refractivity contribution in [1.29, 1.82) is 0 Å². The van der Waals surface area contributed by atoms with Crippen LogP contribution < -0.4 is 5.73 Å². The molecule has 2 aliphatic rings. The van der Waals surface area contributed by atoms with Crippen molar-refractivity contribution in [2.75, 3.05) is 6.61 Å². The highest BCUT2D eigenvalue weighted by atomic mass is 16.5. The van der Waals surface area contributed by atoms with Gasteiger partial charge in [-0.1, -0.05) is 24.5 Å². The minimum Gasteiger partial charge on any atom is -0.378 e. The molecule has 2 nitrogen and oxygen atoms in total. The maximum Gasteiger partial charge on any atom is 0.0575 e. The second kappa shape index (κ2) is 7.96. The molecular weight excluding hydrogens is 222 g/mol. The SMILES string of the molecule is NC(CCC1CCCCO1)C1=CCCCCCC1. The molecule has 104 valence electrons. The minimum atomic E-state index is 0.286. The lowest BCUT2D eigenvalue weighted by Crippen LogP contribution is -2.27. The highest BCUT2D eigenvalue weighted by Gasteiger charge is 2.17. The number of ether oxygens (including phenoxy) is 1. The van der Waals surface area contributed by atoms with Gasteiger partial charge in [-0.25, -0.2) is 0 Å². The predicted octanol–water partition coefficient (Wildman–Crippen LogP) is 3.94. The van der Waals surface area contributed by atoms with Crippen LogP contribution in [0.5, 0.6) is 0 Å². The Hall–Kier alpha value is -0.340. The second-order valence-electron chi connectivity index (χ2n) is 5.90. The van der Waals surface area contributed by atoms with E-state index in [1.807, 2.05) is 0 Å². The lowest BCUT2D eigenvalue weighted by Gasteiger charge is -2.25. The Morgan fingerprint density at radius 1 is 1.17 bits per heavy atom. The molecule has 2 unspecified atom stereocenters. The van der Waals surface area contributed by atoms with E-state index in [0.717, 1.165) is 19.4 Å². The molecule has 0 aromatic rings. The third-order valence-electron chi connectivity index (χ3n) is 4.38. The monoisotopic (exact) mass is 251 g/mol. The zero-order valence-electron chi connectivity index (χ0n) is 11.7. The molecule has 18 heavy (non-hydrogen) atoms. The molecule has 1 fully saturated rings. The number of hydrogen-bond donors (Lipinski definition) is 1. The summed E-state index contributed by atoms with van der Waals surface area (Å²) in [6, 6.07) is 0.286. The topological polar surface area (TPSA) is 35.2 Å². The Bertz CT molecular complexity index is 256. The first-order valence-electron chi connectivity index (χ1n) is 7.92. The van der Waals surface area contributed by atoms with Gasteiger partial charge in [-0.15, -0.1) is 0 Å². The minimum absolute atomic E-state index is 0.286. The van der Waals surface area contributed by atoms with Crippen LogP contribution in [-0.4, -0.2) is 18.8 Å². The smallest absolute Gasteiger partial charge is 0.0575 e. The molecule has 0 aromatic carbocycles. The van der Waals surface area contributed by atoms with Gasteiger partial charge in [0.25, 0.3) is 0 Å². The van der Waals surface area contributed by atoms with Crippen LogP contribution in [0.2, 0.25) is 0 Å². The van der Waals surface area contributed by atoms with Crippen molar-refractivity contribution in [2.45, 2.75) is 82.8 Å². The Morgan fingerprint density at radius 3 is 2.89 bits per heavy atom. The number of hydrogen-bond acceptors (Lipinski definition) is 2. The van der Waals surface area contributed by atoms with Gasteiger partial charge in [0.15, 0.2) is 0 Å². The quantitative estimate of drug-likeness (QED) is 0.768. The highest BCUT2D eigenvalue weighted by Crippen LogP contribution is 2.23. The molecule has 0 spiro atoms. The lowest BCUT2D eigenvalue weighted by atomic mass is 9.91. The lowest BCUT2D eigenvalue weighted by molar-refractivity contribution is 0.00955. The van der Waals surface area contributed by atoms with Crippen molar-refractivity contribution < 1.29 is 4.74 Å². The van der Waals surface area contributed by atoms with E-state index >= 15 is 0 Å². The molecule has 2 atom stereocenters. The van der Waals surface area contributed by atoms with Crippen molar-refractivity contribution in [1.82, 2.24) is 0 Å². The van der Waals surface area contributed by atoms with Crippen LogP contribution in [0.4, 0.5) is 0 Å². The van der Waals surface area contributed by atoms with Crippen molar-refractivity contribution in [3.8, 4) is 0 Å². The van der Waals surface area contributed by atoms with Crippen LogP contribution >= 0.6 is 0 Å². The van der Waals surface area contributed by atoms with Crippen molar-refractivity contribution in [3.05, 3.63) is 11.6 Å². The first-order chi connectivity index (χ1) is 8.86. The Labute approximate surface area is 112 Å². The third-order valence-corrected chi connectivity index (χ3v) is 4.38. The summed E-state index contributed by atoms with van der Waals surface area (Å²) in [7, 11) is 0. The Balaban J connectivity index is 1.73. The normalized spacial score (nSPS) is 28.1. The van der Waals surface area contributed by atoms with Gasteiger partial charge in [-0.2, -0.15) is 0 Å². The van der Waals surface area contributed by atoms with E-state index in [0.29, 0.717) is 6.10 Å². The van der Waals surface area contributed by atoms with E-state index in [2.05, 4.69) is 6.08 Å². The molecule has 0 saturated carbocycles. The summed E-state index contributed by atoms with van der Waals surface area (Å²) < 4.78 is 5.79. The van der Waals surface area contributed by atoms with Crippen LogP contribution in [0, 0.1) is 0 Å². The highest BCUT2D eigenvalue weighted by molar-refractivity contribution is 5.10. The molecule has 1 heterocycles. The summed E-state index contributed by atoms with van der Waals surface area (Å²) in [5.74, 6) is 0. The van der Waals surface area contributed by atoms with Crippen LogP contribution in [-0.2, 0) is 4.74 Å². The molecule has 1 aliphatic heterocycles. The molecule has 0 bridgehead atoms. The van der Waals surface area contributed by atoms with Gasteiger partial charge in [-0.3, -0.25) is 0 Å². The Kier molecular flexibility index (Phi) is 6.22. The molecule has 0 aromatic heterocycles. The predicted molar refractivity (Wildman–Crippen MR) is 76.6 cm³/mol. The average molecular weight is 251 g/mol. The van der Waals surface area contributed by atoms with Crippen molar-refractivity contribution in [3.63, 3.8) is 0 Å². The van der Waals surface area contributed by atoms with Gasteiger partial charge >= 0.3 is 0 Å². The zero-order chi connectivity index (χ0) is 12.6. The maximum absolute atomic E-state index is 6.36. The van der Waals surface area contributed by atoms with Crippen molar-refractivity contribution in [2.24, 2.45) is 5.73 Å². The van der Waals surface area contributed by atoms with Crippen LogP contribution in [0.1, 0.15) is 70.6 Å². The standard InChI is InChI=1S/C16H29NO/c17-16(12-11-15-10-6-7-13-18-15)14-8-4-2-1-3-5-9-14/h8,15-16H,1-7,9-13,17H2. The van der Waals surface area contributed by atoms with Crippen LogP contribution in [0.15, 0.2) is 11.6 Å². The third kappa shape index (κ3) is 4.74. The molecule has 2 N–H and O–H groups in total. The van der Waals surface area contributed by atoms with Gasteiger partial charge in [0, 0.05) is 12.6 Å². The molecule has 2 heteroatoms. The van der Waals surface area contributed by atoms with Crippen LogP contribution in [0.25, 0.3) is 0 Å². The van der Waals surface area contributed by atoms with Gasteiger partial charge in [-0.05, 0) is 57.8 Å². The first-order valence-corrected chi connectivity index (χ1v) is 7.92. The summed E-state index contributed by atoms with van der Waals surface area (Å²) >= 11 is 0. The fraction of sp³-hybridized carbons (Fsp3) is 0.875. The molecular formula is C16H29NO. The maximum atomic E-state index is 6.36. The fourth-order valence-corrected chi connectivity index (χ4v) is 3.14. The molecule has 1 saturated heterocycles. The fourth-order valence-electron chi connectivity index (χ4n) is 3.14. The number of allylic oxidation sites excluding steroid dienone is 1. The summed E-state index contributed by atoms with van der Waals surface area (Å²) in [6.07, 6.45) is 16.9. The van der Waals surface area contributed by atoms with Crippen LogP contribution in [0.3, 0.4) is 0 Å². The van der Waals surface area contributed by atoms with Gasteiger partial charge in [0.1, 0.15) is 0 Å². The molecule has 0 radical (unpaired) electrons. The first kappa shape index (κ1) is 14.1. The van der Waals surface area contributed by atoms with Crippen molar-refractivity contribution >= 4 is 0 Å². The van der Waals surface area contributed by atoms with Gasteiger partial charge in [0.2, 0.25) is 0 Å². The summed E-state index contributed by atoms with van der Waals surface area (Å²) in [6.45, 7) is 0.961. The molecule has 1 aliphatic carbocycles. The summed E-state index contributed by atoms with van der Waals surface area (Å²) in [5, 5.41) is 0. The van der Waals surface area contributed by atoms with E-state index in [4.69, 9.17) is 10.5 Å². The summed E-state index contributed by atoms with van der Waals surface area (Å²) in [4.78, 5) is 0.